The maximum Gasteiger partial charge on any atom is 0.257 e. The fourth-order valence-electron chi connectivity index (χ4n) is 3.79. The van der Waals surface area contributed by atoms with Crippen molar-refractivity contribution in [3.8, 4) is 11.5 Å². The SMILES string of the molecule is COc1ccccc1C(=O)N1CCCN(C(=O)C2=Cc3cc(Cl)ccc3OC2)CC1. The van der Waals surface area contributed by atoms with E-state index in [2.05, 4.69) is 0 Å². The Kier molecular flexibility index (Phi) is 5.95. The van der Waals surface area contributed by atoms with E-state index in [1.54, 1.807) is 41.2 Å². The van der Waals surface area contributed by atoms with Crippen molar-refractivity contribution in [3.05, 3.63) is 64.2 Å². The van der Waals surface area contributed by atoms with Gasteiger partial charge in [0.25, 0.3) is 11.8 Å². The number of methoxy groups -OCH3 is 1. The predicted octanol–water partition coefficient (Wildman–Crippen LogP) is 3.50. The molecule has 2 aromatic carbocycles. The zero-order valence-electron chi connectivity index (χ0n) is 16.8. The lowest BCUT2D eigenvalue weighted by atomic mass is 10.1. The van der Waals surface area contributed by atoms with E-state index in [0.717, 1.165) is 11.3 Å². The van der Waals surface area contributed by atoms with E-state index in [9.17, 15) is 9.59 Å². The van der Waals surface area contributed by atoms with Gasteiger partial charge in [-0.1, -0.05) is 23.7 Å². The van der Waals surface area contributed by atoms with Crippen molar-refractivity contribution in [2.24, 2.45) is 0 Å². The summed E-state index contributed by atoms with van der Waals surface area (Å²) in [6.07, 6.45) is 2.55. The first kappa shape index (κ1) is 20.3. The van der Waals surface area contributed by atoms with Gasteiger partial charge in [-0.05, 0) is 42.8 Å². The van der Waals surface area contributed by atoms with Gasteiger partial charge in [-0.2, -0.15) is 0 Å². The van der Waals surface area contributed by atoms with Crippen LogP contribution < -0.4 is 9.47 Å². The minimum Gasteiger partial charge on any atom is -0.496 e. The second-order valence-electron chi connectivity index (χ2n) is 7.28. The van der Waals surface area contributed by atoms with Crippen LogP contribution >= 0.6 is 11.6 Å². The average Bonchev–Trinajstić information content (AvgIpc) is 3.04. The number of benzene rings is 2. The molecule has 2 aliphatic rings. The summed E-state index contributed by atoms with van der Waals surface area (Å²) in [4.78, 5) is 29.6. The minimum absolute atomic E-state index is 0.0628. The zero-order chi connectivity index (χ0) is 21.1. The Morgan fingerprint density at radius 2 is 1.73 bits per heavy atom. The van der Waals surface area contributed by atoms with Gasteiger partial charge in [0.15, 0.2) is 0 Å². The number of para-hydroxylation sites is 1. The minimum atomic E-state index is -0.0782. The van der Waals surface area contributed by atoms with Gasteiger partial charge in [-0.3, -0.25) is 9.59 Å². The number of carbonyl (C=O) groups is 2. The number of ether oxygens (including phenoxy) is 2. The summed E-state index contributed by atoms with van der Waals surface area (Å²) < 4.78 is 11.0. The Bertz CT molecular complexity index is 1000. The Morgan fingerprint density at radius 3 is 2.50 bits per heavy atom. The van der Waals surface area contributed by atoms with E-state index >= 15 is 0 Å². The molecule has 156 valence electrons. The summed E-state index contributed by atoms with van der Waals surface area (Å²) in [7, 11) is 1.56. The molecule has 30 heavy (non-hydrogen) atoms. The Hall–Kier alpha value is -2.99. The summed E-state index contributed by atoms with van der Waals surface area (Å²) in [5.41, 5.74) is 1.94. The number of nitrogens with zero attached hydrogens (tertiary/aromatic N) is 2. The third-order valence-electron chi connectivity index (χ3n) is 5.37. The molecule has 0 aliphatic carbocycles. The molecule has 2 aromatic rings. The van der Waals surface area contributed by atoms with E-state index in [-0.39, 0.29) is 18.4 Å². The first-order valence-electron chi connectivity index (χ1n) is 9.91. The molecule has 2 amide bonds. The lowest BCUT2D eigenvalue weighted by Crippen LogP contribution is -2.39. The number of halogens is 1. The molecule has 0 spiro atoms. The number of amides is 2. The normalized spacial score (nSPS) is 16.1. The largest absolute Gasteiger partial charge is 0.496 e. The summed E-state index contributed by atoms with van der Waals surface area (Å²) in [5.74, 6) is 1.14. The van der Waals surface area contributed by atoms with Gasteiger partial charge in [-0.15, -0.1) is 0 Å². The van der Waals surface area contributed by atoms with Gasteiger partial charge in [0.05, 0.1) is 18.2 Å². The monoisotopic (exact) mass is 426 g/mol. The number of carbonyl (C=O) groups excluding carboxylic acids is 2. The van der Waals surface area contributed by atoms with Crippen LogP contribution in [0.2, 0.25) is 5.02 Å². The molecule has 0 bridgehead atoms. The number of fused-ring (bicyclic) bond motifs is 1. The van der Waals surface area contributed by atoms with Crippen LogP contribution in [0.5, 0.6) is 11.5 Å². The Balaban J connectivity index is 1.45. The molecule has 0 radical (unpaired) electrons. The van der Waals surface area contributed by atoms with Crippen LogP contribution in [0.15, 0.2) is 48.0 Å². The highest BCUT2D eigenvalue weighted by atomic mass is 35.5. The molecule has 0 unspecified atom stereocenters. The summed E-state index contributed by atoms with van der Waals surface area (Å²) >= 11 is 6.07. The summed E-state index contributed by atoms with van der Waals surface area (Å²) in [5, 5.41) is 0.600. The van der Waals surface area contributed by atoms with E-state index in [4.69, 9.17) is 21.1 Å². The number of rotatable bonds is 3. The predicted molar refractivity (Wildman–Crippen MR) is 115 cm³/mol. The van der Waals surface area contributed by atoms with Crippen LogP contribution in [-0.4, -0.2) is 61.5 Å². The van der Waals surface area contributed by atoms with Crippen molar-refractivity contribution in [1.29, 1.82) is 0 Å². The molecule has 0 saturated carbocycles. The van der Waals surface area contributed by atoms with Gasteiger partial charge in [-0.25, -0.2) is 0 Å². The second kappa shape index (κ2) is 8.79. The molecule has 4 rings (SSSR count). The van der Waals surface area contributed by atoms with Crippen LogP contribution in [0.1, 0.15) is 22.3 Å². The molecule has 2 heterocycles. The van der Waals surface area contributed by atoms with Crippen LogP contribution in [0.25, 0.3) is 6.08 Å². The van der Waals surface area contributed by atoms with E-state index in [1.165, 1.54) is 0 Å². The van der Waals surface area contributed by atoms with Gasteiger partial charge >= 0.3 is 0 Å². The third kappa shape index (κ3) is 4.14. The maximum atomic E-state index is 13.1. The molecule has 7 heteroatoms. The second-order valence-corrected chi connectivity index (χ2v) is 7.72. The quantitative estimate of drug-likeness (QED) is 0.753. The standard InChI is InChI=1S/C23H23ClN2O4/c1-29-21-6-3-2-5-19(21)23(28)26-10-4-9-25(11-12-26)22(27)17-13-16-14-18(24)7-8-20(16)30-15-17/h2-3,5-8,13-14H,4,9-12,15H2,1H3. The van der Waals surface area contributed by atoms with E-state index < -0.39 is 0 Å². The Labute approximate surface area is 180 Å². The number of hydrogen-bond acceptors (Lipinski definition) is 4. The molecular formula is C23H23ClN2O4. The lowest BCUT2D eigenvalue weighted by Gasteiger charge is -2.25. The van der Waals surface area contributed by atoms with Crippen LogP contribution in [0, 0.1) is 0 Å². The topological polar surface area (TPSA) is 59.1 Å². The van der Waals surface area contributed by atoms with Crippen LogP contribution in [0.3, 0.4) is 0 Å². The zero-order valence-corrected chi connectivity index (χ0v) is 17.5. The molecule has 0 atom stereocenters. The maximum absolute atomic E-state index is 13.1. The first-order chi connectivity index (χ1) is 14.6. The van der Waals surface area contributed by atoms with Crippen molar-refractivity contribution < 1.29 is 19.1 Å². The fraction of sp³-hybridized carbons (Fsp3) is 0.304. The highest BCUT2D eigenvalue weighted by Crippen LogP contribution is 2.29. The molecule has 0 N–H and O–H groups in total. The van der Waals surface area contributed by atoms with Gasteiger partial charge in [0.2, 0.25) is 0 Å². The molecule has 1 fully saturated rings. The van der Waals surface area contributed by atoms with Gasteiger partial charge in [0, 0.05) is 36.8 Å². The fourth-order valence-corrected chi connectivity index (χ4v) is 3.97. The third-order valence-corrected chi connectivity index (χ3v) is 5.60. The smallest absolute Gasteiger partial charge is 0.257 e. The van der Waals surface area contributed by atoms with Crippen molar-refractivity contribution in [1.82, 2.24) is 9.80 Å². The van der Waals surface area contributed by atoms with Crippen molar-refractivity contribution >= 4 is 29.5 Å². The van der Waals surface area contributed by atoms with Crippen molar-refractivity contribution in [2.45, 2.75) is 6.42 Å². The van der Waals surface area contributed by atoms with Crippen molar-refractivity contribution in [3.63, 3.8) is 0 Å². The van der Waals surface area contributed by atoms with Crippen LogP contribution in [0.4, 0.5) is 0 Å². The van der Waals surface area contributed by atoms with E-state index in [1.807, 2.05) is 24.3 Å². The molecular weight excluding hydrogens is 404 g/mol. The first-order valence-corrected chi connectivity index (χ1v) is 10.3. The molecule has 1 saturated heterocycles. The molecule has 2 aliphatic heterocycles. The summed E-state index contributed by atoms with van der Waals surface area (Å²) in [6.45, 7) is 2.36. The van der Waals surface area contributed by atoms with Gasteiger partial charge in [0.1, 0.15) is 18.1 Å². The van der Waals surface area contributed by atoms with E-state index in [0.29, 0.717) is 54.5 Å². The number of hydrogen-bond donors (Lipinski definition) is 0. The summed E-state index contributed by atoms with van der Waals surface area (Å²) in [6, 6.07) is 12.6. The molecule has 0 aromatic heterocycles. The molecule has 6 nitrogen and oxygen atoms in total. The van der Waals surface area contributed by atoms with Crippen molar-refractivity contribution in [2.75, 3.05) is 39.9 Å². The highest BCUT2D eigenvalue weighted by Gasteiger charge is 2.27. The lowest BCUT2D eigenvalue weighted by molar-refractivity contribution is -0.127. The van der Waals surface area contributed by atoms with Gasteiger partial charge < -0.3 is 19.3 Å². The average molecular weight is 427 g/mol. The Morgan fingerprint density at radius 1 is 1.00 bits per heavy atom. The van der Waals surface area contributed by atoms with Crippen LogP contribution in [-0.2, 0) is 4.79 Å². The highest BCUT2D eigenvalue weighted by molar-refractivity contribution is 6.30.